The van der Waals surface area contributed by atoms with Crippen molar-refractivity contribution in [2.24, 2.45) is 0 Å². The Balaban J connectivity index is 2.13. The first kappa shape index (κ1) is 13.5. The van der Waals surface area contributed by atoms with Crippen LogP contribution in [0.5, 0.6) is 0 Å². The van der Waals surface area contributed by atoms with Crippen LogP contribution in [-0.2, 0) is 8.98 Å². The lowest BCUT2D eigenvalue weighted by Crippen LogP contribution is -2.28. The quantitative estimate of drug-likeness (QED) is 0.393. The molecule has 1 aliphatic rings. The number of carbonyl (C=O) groups is 1. The summed E-state index contributed by atoms with van der Waals surface area (Å²) in [6.07, 6.45) is 0.254. The van der Waals surface area contributed by atoms with Gasteiger partial charge in [0, 0.05) is 12.2 Å². The van der Waals surface area contributed by atoms with Gasteiger partial charge in [0.1, 0.15) is 6.04 Å². The van der Waals surface area contributed by atoms with Gasteiger partial charge in [0.15, 0.2) is 0 Å². The third kappa shape index (κ3) is 4.52. The molecule has 0 saturated carbocycles. The minimum absolute atomic E-state index is 0.0417. The molecule has 0 aliphatic carbocycles. The molecular formula is C10H18N2O3S. The molecule has 3 unspecified atom stereocenters. The Labute approximate surface area is 100 Å². The number of aliphatic hydroxyl groups is 1. The summed E-state index contributed by atoms with van der Waals surface area (Å²) in [5.41, 5.74) is 0.728. The average Bonchev–Trinajstić information content (AvgIpc) is 2.96. The maximum Gasteiger partial charge on any atom is 0.243 e. The van der Waals surface area contributed by atoms with Crippen molar-refractivity contribution < 1.29 is 14.1 Å². The van der Waals surface area contributed by atoms with Crippen molar-refractivity contribution in [2.45, 2.75) is 32.4 Å². The average molecular weight is 246 g/mol. The van der Waals surface area contributed by atoms with Crippen LogP contribution in [0.3, 0.4) is 0 Å². The zero-order valence-corrected chi connectivity index (χ0v) is 10.4. The number of nitrogens with zero attached hydrogens (tertiary/aromatic N) is 1. The molecule has 1 amide bonds. The molecule has 0 radical (unpaired) electrons. The number of rotatable bonds is 7. The fourth-order valence-corrected chi connectivity index (χ4v) is 1.76. The second kappa shape index (κ2) is 6.24. The summed E-state index contributed by atoms with van der Waals surface area (Å²) in [5, 5.41) is 11.7. The van der Waals surface area contributed by atoms with Crippen LogP contribution in [0.2, 0.25) is 0 Å². The normalized spacial score (nSPS) is 24.9. The van der Waals surface area contributed by atoms with Gasteiger partial charge in [-0.2, -0.15) is 0 Å². The Morgan fingerprint density at radius 1 is 1.81 bits per heavy atom. The Bertz CT molecular complexity index is 271. The zero-order chi connectivity index (χ0) is 12.1. The molecule has 0 aromatic heterocycles. The fraction of sp³-hybridized carbons (Fsp3) is 0.700. The molecular weight excluding hydrogens is 228 g/mol. The van der Waals surface area contributed by atoms with E-state index in [0.29, 0.717) is 6.54 Å². The molecule has 1 aliphatic heterocycles. The first-order valence-electron chi connectivity index (χ1n) is 5.27. The van der Waals surface area contributed by atoms with Gasteiger partial charge in [0.2, 0.25) is 5.91 Å². The lowest BCUT2D eigenvalue weighted by molar-refractivity contribution is -0.120. The predicted molar refractivity (Wildman–Crippen MR) is 63.3 cm³/mol. The summed E-state index contributed by atoms with van der Waals surface area (Å²) >= 11 is 1.12. The van der Waals surface area contributed by atoms with E-state index in [2.05, 4.69) is 11.9 Å². The van der Waals surface area contributed by atoms with Crippen LogP contribution < -0.4 is 5.32 Å². The minimum atomic E-state index is -0.486. The van der Waals surface area contributed by atoms with Crippen LogP contribution in [-0.4, -0.2) is 40.6 Å². The highest BCUT2D eigenvalue weighted by atomic mass is 32.2. The van der Waals surface area contributed by atoms with Gasteiger partial charge in [-0.1, -0.05) is 13.5 Å². The smallest absolute Gasteiger partial charge is 0.243 e. The second-order valence-corrected chi connectivity index (χ2v) is 4.62. The molecule has 1 saturated heterocycles. The molecule has 92 valence electrons. The molecule has 0 spiro atoms. The van der Waals surface area contributed by atoms with Crippen LogP contribution >= 0.6 is 12.2 Å². The van der Waals surface area contributed by atoms with Gasteiger partial charge in [-0.05, 0) is 13.3 Å². The summed E-state index contributed by atoms with van der Waals surface area (Å²) in [7, 11) is 0. The molecule has 0 aromatic carbocycles. The Morgan fingerprint density at radius 2 is 2.50 bits per heavy atom. The molecule has 6 heteroatoms. The van der Waals surface area contributed by atoms with E-state index in [9.17, 15) is 4.79 Å². The van der Waals surface area contributed by atoms with Crippen LogP contribution in [0.25, 0.3) is 0 Å². The van der Waals surface area contributed by atoms with Crippen molar-refractivity contribution in [1.29, 1.82) is 0 Å². The van der Waals surface area contributed by atoms with Crippen molar-refractivity contribution in [3.63, 3.8) is 0 Å². The van der Waals surface area contributed by atoms with E-state index in [0.717, 1.165) is 24.3 Å². The van der Waals surface area contributed by atoms with Gasteiger partial charge in [-0.3, -0.25) is 8.98 Å². The maximum atomic E-state index is 11.6. The Hall–Kier alpha value is -0.560. The second-order valence-electron chi connectivity index (χ2n) is 3.77. The number of hydrogen-bond acceptors (Lipinski definition) is 5. The Kier molecular flexibility index (Phi) is 5.27. The fourth-order valence-electron chi connectivity index (χ4n) is 0.962. The van der Waals surface area contributed by atoms with Crippen LogP contribution in [0.15, 0.2) is 12.3 Å². The van der Waals surface area contributed by atoms with Crippen LogP contribution in [0, 0.1) is 0 Å². The van der Waals surface area contributed by atoms with Gasteiger partial charge in [0.25, 0.3) is 0 Å². The molecule has 3 atom stereocenters. The van der Waals surface area contributed by atoms with Crippen LogP contribution in [0.1, 0.15) is 20.3 Å². The largest absolute Gasteiger partial charge is 0.391 e. The maximum absolute atomic E-state index is 11.6. The highest BCUT2D eigenvalue weighted by molar-refractivity contribution is 7.92. The van der Waals surface area contributed by atoms with Gasteiger partial charge in [-0.15, -0.1) is 0 Å². The molecule has 1 heterocycles. The van der Waals surface area contributed by atoms with E-state index in [4.69, 9.17) is 9.29 Å². The van der Waals surface area contributed by atoms with Crippen molar-refractivity contribution >= 4 is 18.1 Å². The van der Waals surface area contributed by atoms with Crippen molar-refractivity contribution in [2.75, 3.05) is 13.2 Å². The van der Waals surface area contributed by atoms with Crippen molar-refractivity contribution in [3.8, 4) is 0 Å². The highest BCUT2D eigenvalue weighted by Gasteiger charge is 2.42. The summed E-state index contributed by atoms with van der Waals surface area (Å²) in [6, 6.07) is -0.137. The summed E-state index contributed by atoms with van der Waals surface area (Å²) in [5.74, 6) is -0.0417. The molecule has 1 fully saturated rings. The first-order valence-corrected chi connectivity index (χ1v) is 5.97. The van der Waals surface area contributed by atoms with Gasteiger partial charge < -0.3 is 10.4 Å². The van der Waals surface area contributed by atoms with Crippen LogP contribution in [0.4, 0.5) is 0 Å². The van der Waals surface area contributed by atoms with E-state index >= 15 is 0 Å². The standard InChI is InChI=1S/C10H18N2O3S/c1-4-7(2)11-10(14)9-5-12(9)16-15-6-8(3)13/h8-9,13H,2,4-6H2,1,3H3,(H,11,14). The van der Waals surface area contributed by atoms with E-state index in [1.807, 2.05) is 6.92 Å². The highest BCUT2D eigenvalue weighted by Crippen LogP contribution is 2.28. The van der Waals surface area contributed by atoms with E-state index in [1.54, 1.807) is 11.2 Å². The number of amides is 1. The summed E-state index contributed by atoms with van der Waals surface area (Å²) in [6.45, 7) is 8.24. The third-order valence-corrected chi connectivity index (χ3v) is 2.89. The molecule has 0 bridgehead atoms. The molecule has 1 rings (SSSR count). The minimum Gasteiger partial charge on any atom is -0.391 e. The topological polar surface area (TPSA) is 61.6 Å². The zero-order valence-electron chi connectivity index (χ0n) is 9.60. The number of carbonyl (C=O) groups excluding carboxylic acids is 1. The summed E-state index contributed by atoms with van der Waals surface area (Å²) in [4.78, 5) is 11.6. The predicted octanol–water partition coefficient (Wildman–Crippen LogP) is 0.671. The number of allylic oxidation sites excluding steroid dienone is 1. The van der Waals surface area contributed by atoms with Gasteiger partial charge in [0.05, 0.1) is 24.9 Å². The molecule has 2 N–H and O–H groups in total. The first-order chi connectivity index (χ1) is 7.54. The van der Waals surface area contributed by atoms with E-state index < -0.39 is 6.10 Å². The molecule has 5 nitrogen and oxygen atoms in total. The van der Waals surface area contributed by atoms with Gasteiger partial charge in [-0.25, -0.2) is 4.31 Å². The van der Waals surface area contributed by atoms with E-state index in [-0.39, 0.29) is 18.6 Å². The summed E-state index contributed by atoms with van der Waals surface area (Å²) < 4.78 is 6.93. The Morgan fingerprint density at radius 3 is 3.06 bits per heavy atom. The SMILES string of the molecule is C=C(CC)NC(=O)C1CN1SOCC(C)O. The lowest BCUT2D eigenvalue weighted by atomic mass is 10.3. The molecule has 0 aromatic rings. The molecule has 16 heavy (non-hydrogen) atoms. The number of nitrogens with one attached hydrogen (secondary N) is 1. The van der Waals surface area contributed by atoms with E-state index in [1.165, 1.54) is 0 Å². The van der Waals surface area contributed by atoms with Crippen molar-refractivity contribution in [1.82, 2.24) is 9.62 Å². The van der Waals surface area contributed by atoms with Crippen molar-refractivity contribution in [3.05, 3.63) is 12.3 Å². The third-order valence-electron chi connectivity index (χ3n) is 2.05. The monoisotopic (exact) mass is 246 g/mol. The lowest BCUT2D eigenvalue weighted by Gasteiger charge is -2.07. The number of hydrogen-bond donors (Lipinski definition) is 2. The van der Waals surface area contributed by atoms with Gasteiger partial charge >= 0.3 is 0 Å². The number of aliphatic hydroxyl groups excluding tert-OH is 1.